The van der Waals surface area contributed by atoms with Crippen molar-refractivity contribution in [3.05, 3.63) is 52.7 Å². The van der Waals surface area contributed by atoms with Crippen LogP contribution < -0.4 is 4.74 Å². The largest absolute Gasteiger partial charge is 0.481 e. The smallest absolute Gasteiger partial charge is 0.216 e. The molecule has 1 aromatic carbocycles. The molecule has 2 rings (SSSR count). The summed E-state index contributed by atoms with van der Waals surface area (Å²) in [7, 11) is 1.48. The van der Waals surface area contributed by atoms with E-state index in [0.29, 0.717) is 17.1 Å². The van der Waals surface area contributed by atoms with E-state index in [1.807, 2.05) is 0 Å². The van der Waals surface area contributed by atoms with Crippen molar-refractivity contribution in [2.24, 2.45) is 0 Å². The van der Waals surface area contributed by atoms with Crippen molar-refractivity contribution in [1.29, 1.82) is 0 Å². The average Bonchev–Trinajstić information content (AvgIpc) is 2.43. The Morgan fingerprint density at radius 3 is 2.84 bits per heavy atom. The molecule has 1 atom stereocenters. The van der Waals surface area contributed by atoms with Crippen LogP contribution in [0.3, 0.4) is 0 Å². The van der Waals surface area contributed by atoms with Crippen molar-refractivity contribution in [1.82, 2.24) is 9.97 Å². The first-order chi connectivity index (χ1) is 9.10. The van der Waals surface area contributed by atoms with E-state index in [1.54, 1.807) is 6.07 Å². The minimum Gasteiger partial charge on any atom is -0.481 e. The molecule has 1 aromatic heterocycles. The molecule has 6 heteroatoms. The second-order valence-corrected chi connectivity index (χ2v) is 4.36. The summed E-state index contributed by atoms with van der Waals surface area (Å²) in [6, 6.07) is 5.95. The maximum Gasteiger partial charge on any atom is 0.216 e. The average molecular weight is 283 g/mol. The summed E-state index contributed by atoms with van der Waals surface area (Å²) in [5, 5.41) is 10.1. The van der Waals surface area contributed by atoms with E-state index in [9.17, 15) is 9.50 Å². The van der Waals surface area contributed by atoms with Crippen LogP contribution in [0.15, 0.2) is 30.6 Å². The molecule has 0 saturated carbocycles. The van der Waals surface area contributed by atoms with Gasteiger partial charge in [-0.1, -0.05) is 17.7 Å². The lowest BCUT2D eigenvalue weighted by atomic mass is 10.1. The molecule has 0 amide bonds. The van der Waals surface area contributed by atoms with Gasteiger partial charge in [0.05, 0.1) is 17.8 Å². The van der Waals surface area contributed by atoms with Gasteiger partial charge in [-0.2, -0.15) is 0 Å². The number of hydrogen-bond acceptors (Lipinski definition) is 4. The first-order valence-electron chi connectivity index (χ1n) is 5.58. The number of aromatic nitrogens is 2. The Morgan fingerprint density at radius 1 is 1.37 bits per heavy atom. The van der Waals surface area contributed by atoms with E-state index < -0.39 is 11.9 Å². The Hall–Kier alpha value is -1.72. The summed E-state index contributed by atoms with van der Waals surface area (Å²) >= 11 is 5.60. The maximum atomic E-state index is 13.3. The van der Waals surface area contributed by atoms with Gasteiger partial charge in [-0.25, -0.2) is 14.4 Å². The van der Waals surface area contributed by atoms with Crippen LogP contribution in [0.5, 0.6) is 5.88 Å². The lowest BCUT2D eigenvalue weighted by Crippen LogP contribution is -2.05. The number of nitrogens with zero attached hydrogens (tertiary/aromatic N) is 2. The third-order valence-electron chi connectivity index (χ3n) is 2.63. The molecule has 0 aliphatic rings. The van der Waals surface area contributed by atoms with Crippen LogP contribution in [-0.4, -0.2) is 22.2 Å². The lowest BCUT2D eigenvalue weighted by molar-refractivity contribution is 0.172. The fourth-order valence-corrected chi connectivity index (χ4v) is 1.76. The minimum absolute atomic E-state index is 0.0574. The van der Waals surface area contributed by atoms with Gasteiger partial charge in [-0.15, -0.1) is 0 Å². The fourth-order valence-electron chi connectivity index (χ4n) is 1.64. The first kappa shape index (κ1) is 13.7. The maximum absolute atomic E-state index is 13.3. The summed E-state index contributed by atoms with van der Waals surface area (Å²) in [6.07, 6.45) is 0.672. The molecular weight excluding hydrogens is 271 g/mol. The SMILES string of the molecule is COc1cc(C(O)Cc2ccc(Cl)c(F)c2)ncn1. The molecule has 19 heavy (non-hydrogen) atoms. The van der Waals surface area contributed by atoms with Crippen molar-refractivity contribution in [3.8, 4) is 5.88 Å². The summed E-state index contributed by atoms with van der Waals surface area (Å²) in [5.74, 6) is -0.141. The fraction of sp³-hybridized carbons (Fsp3) is 0.231. The van der Waals surface area contributed by atoms with E-state index >= 15 is 0 Å². The van der Waals surface area contributed by atoms with Gasteiger partial charge < -0.3 is 9.84 Å². The summed E-state index contributed by atoms with van der Waals surface area (Å²) in [5.41, 5.74) is 1.05. The van der Waals surface area contributed by atoms with Gasteiger partial charge in [-0.3, -0.25) is 0 Å². The Bertz CT molecular complexity index is 580. The Balaban J connectivity index is 2.15. The number of benzene rings is 1. The summed E-state index contributed by atoms with van der Waals surface area (Å²) in [4.78, 5) is 7.81. The highest BCUT2D eigenvalue weighted by Gasteiger charge is 2.12. The summed E-state index contributed by atoms with van der Waals surface area (Å²) in [6.45, 7) is 0. The molecule has 0 aliphatic heterocycles. The van der Waals surface area contributed by atoms with Gasteiger partial charge in [0.1, 0.15) is 18.2 Å². The molecular formula is C13H12ClFN2O2. The van der Waals surface area contributed by atoms with Crippen molar-refractivity contribution in [2.45, 2.75) is 12.5 Å². The van der Waals surface area contributed by atoms with E-state index in [-0.39, 0.29) is 11.4 Å². The Kier molecular flexibility index (Phi) is 4.29. The predicted molar refractivity (Wildman–Crippen MR) is 68.7 cm³/mol. The molecule has 4 nitrogen and oxygen atoms in total. The van der Waals surface area contributed by atoms with Gasteiger partial charge in [0.15, 0.2) is 0 Å². The van der Waals surface area contributed by atoms with Gasteiger partial charge in [-0.05, 0) is 17.7 Å². The number of aliphatic hydroxyl groups is 1. The van der Waals surface area contributed by atoms with Gasteiger partial charge >= 0.3 is 0 Å². The number of hydrogen-bond donors (Lipinski definition) is 1. The molecule has 1 unspecified atom stereocenters. The van der Waals surface area contributed by atoms with Gasteiger partial charge in [0.2, 0.25) is 5.88 Å². The molecule has 2 aromatic rings. The summed E-state index contributed by atoms with van der Waals surface area (Å²) < 4.78 is 18.2. The Morgan fingerprint density at radius 2 is 2.16 bits per heavy atom. The van der Waals surface area contributed by atoms with E-state index in [2.05, 4.69) is 9.97 Å². The van der Waals surface area contributed by atoms with Crippen LogP contribution in [0, 0.1) is 5.82 Å². The zero-order chi connectivity index (χ0) is 13.8. The zero-order valence-corrected chi connectivity index (χ0v) is 10.9. The van der Waals surface area contributed by atoms with Gasteiger partial charge in [0, 0.05) is 12.5 Å². The van der Waals surface area contributed by atoms with Crippen LogP contribution in [0.2, 0.25) is 5.02 Å². The molecule has 0 fully saturated rings. The van der Waals surface area contributed by atoms with E-state index in [0.717, 1.165) is 0 Å². The number of aliphatic hydroxyl groups excluding tert-OH is 1. The lowest BCUT2D eigenvalue weighted by Gasteiger charge is -2.11. The third kappa shape index (κ3) is 3.39. The zero-order valence-electron chi connectivity index (χ0n) is 10.2. The monoisotopic (exact) mass is 282 g/mol. The van der Waals surface area contributed by atoms with Crippen molar-refractivity contribution in [2.75, 3.05) is 7.11 Å². The molecule has 1 N–H and O–H groups in total. The van der Waals surface area contributed by atoms with Crippen molar-refractivity contribution >= 4 is 11.6 Å². The predicted octanol–water partition coefficient (Wildman–Crippen LogP) is 2.55. The highest BCUT2D eigenvalue weighted by atomic mass is 35.5. The minimum atomic E-state index is -0.863. The van der Waals surface area contributed by atoms with Gasteiger partial charge in [0.25, 0.3) is 0 Å². The molecule has 0 aliphatic carbocycles. The number of ether oxygens (including phenoxy) is 1. The quantitative estimate of drug-likeness (QED) is 0.936. The second-order valence-electron chi connectivity index (χ2n) is 3.95. The number of halogens is 2. The Labute approximate surface area is 114 Å². The third-order valence-corrected chi connectivity index (χ3v) is 2.93. The normalized spacial score (nSPS) is 12.2. The van der Waals surface area contributed by atoms with Crippen LogP contribution >= 0.6 is 11.6 Å². The van der Waals surface area contributed by atoms with Crippen molar-refractivity contribution in [3.63, 3.8) is 0 Å². The highest BCUT2D eigenvalue weighted by Crippen LogP contribution is 2.21. The topological polar surface area (TPSA) is 55.2 Å². The molecule has 1 heterocycles. The van der Waals surface area contributed by atoms with E-state index in [1.165, 1.54) is 31.6 Å². The molecule has 0 spiro atoms. The molecule has 100 valence electrons. The number of methoxy groups -OCH3 is 1. The molecule has 0 saturated heterocycles. The second kappa shape index (κ2) is 5.95. The first-order valence-corrected chi connectivity index (χ1v) is 5.96. The standard InChI is InChI=1S/C13H12ClFN2O2/c1-19-13-6-11(16-7-17-13)12(18)5-8-2-3-9(14)10(15)4-8/h2-4,6-7,12,18H,5H2,1H3. The molecule has 0 radical (unpaired) electrons. The van der Waals surface area contributed by atoms with Crippen LogP contribution in [-0.2, 0) is 6.42 Å². The van der Waals surface area contributed by atoms with Crippen LogP contribution in [0.25, 0.3) is 0 Å². The van der Waals surface area contributed by atoms with Crippen molar-refractivity contribution < 1.29 is 14.2 Å². The van der Waals surface area contributed by atoms with Crippen LogP contribution in [0.1, 0.15) is 17.4 Å². The highest BCUT2D eigenvalue weighted by molar-refractivity contribution is 6.30. The molecule has 0 bridgehead atoms. The number of rotatable bonds is 4. The van der Waals surface area contributed by atoms with Crippen LogP contribution in [0.4, 0.5) is 4.39 Å². The van der Waals surface area contributed by atoms with E-state index in [4.69, 9.17) is 16.3 Å².